The summed E-state index contributed by atoms with van der Waals surface area (Å²) in [7, 11) is 0. The Hall–Kier alpha value is -1.91. The lowest BCUT2D eigenvalue weighted by atomic mass is 10.0. The summed E-state index contributed by atoms with van der Waals surface area (Å²) >= 11 is 0. The molecular weight excluding hydrogens is 266 g/mol. The maximum atomic E-state index is 12.6. The molecule has 2 atom stereocenters. The van der Waals surface area contributed by atoms with Crippen LogP contribution < -0.4 is 5.32 Å². The van der Waals surface area contributed by atoms with Gasteiger partial charge in [0.1, 0.15) is 12.1 Å². The zero-order valence-corrected chi connectivity index (χ0v) is 12.3. The molecule has 1 saturated carbocycles. The number of nitrogens with zero attached hydrogens (tertiary/aromatic N) is 2. The van der Waals surface area contributed by atoms with Gasteiger partial charge in [0, 0.05) is 18.9 Å². The molecular formula is C16H21N3O2. The third-order valence-corrected chi connectivity index (χ3v) is 4.37. The van der Waals surface area contributed by atoms with E-state index < -0.39 is 0 Å². The van der Waals surface area contributed by atoms with Crippen molar-refractivity contribution in [2.45, 2.75) is 44.7 Å². The predicted octanol–water partition coefficient (Wildman–Crippen LogP) is 1.14. The first kappa shape index (κ1) is 14.0. The standard InChI is InChI=1S/C16H21N3O2/c1-2-13-15(20)18-14(12-5-6-12)16(21)19(13)9-7-11-4-3-8-17-10-11/h3-4,8,10,12-14H,2,5-7,9H2,1H3,(H,18,20). The van der Waals surface area contributed by atoms with Gasteiger partial charge < -0.3 is 10.2 Å². The highest BCUT2D eigenvalue weighted by Crippen LogP contribution is 2.35. The molecule has 2 aliphatic rings. The van der Waals surface area contributed by atoms with Crippen molar-refractivity contribution in [1.29, 1.82) is 0 Å². The fourth-order valence-corrected chi connectivity index (χ4v) is 3.00. The Morgan fingerprint density at radius 2 is 2.19 bits per heavy atom. The Morgan fingerprint density at radius 1 is 1.38 bits per heavy atom. The molecule has 1 saturated heterocycles. The molecule has 0 spiro atoms. The van der Waals surface area contributed by atoms with Crippen molar-refractivity contribution < 1.29 is 9.59 Å². The largest absolute Gasteiger partial charge is 0.342 e. The molecule has 112 valence electrons. The quantitative estimate of drug-likeness (QED) is 0.883. The van der Waals surface area contributed by atoms with Crippen molar-refractivity contribution >= 4 is 11.8 Å². The van der Waals surface area contributed by atoms with Gasteiger partial charge in [-0.15, -0.1) is 0 Å². The fraction of sp³-hybridized carbons (Fsp3) is 0.562. The normalized spacial score (nSPS) is 25.9. The van der Waals surface area contributed by atoms with Crippen LogP contribution in [0.25, 0.3) is 0 Å². The number of pyridine rings is 1. The van der Waals surface area contributed by atoms with Gasteiger partial charge in [-0.05, 0) is 43.2 Å². The summed E-state index contributed by atoms with van der Waals surface area (Å²) in [4.78, 5) is 30.7. The van der Waals surface area contributed by atoms with Crippen molar-refractivity contribution in [2.24, 2.45) is 5.92 Å². The van der Waals surface area contributed by atoms with Gasteiger partial charge in [0.2, 0.25) is 11.8 Å². The summed E-state index contributed by atoms with van der Waals surface area (Å²) in [5.41, 5.74) is 1.09. The number of aromatic nitrogens is 1. The van der Waals surface area contributed by atoms with Gasteiger partial charge in [0.05, 0.1) is 0 Å². The van der Waals surface area contributed by atoms with Crippen LogP contribution >= 0.6 is 0 Å². The van der Waals surface area contributed by atoms with Gasteiger partial charge in [-0.2, -0.15) is 0 Å². The Morgan fingerprint density at radius 3 is 2.81 bits per heavy atom. The van der Waals surface area contributed by atoms with Crippen LogP contribution in [0.2, 0.25) is 0 Å². The van der Waals surface area contributed by atoms with Gasteiger partial charge in [0.25, 0.3) is 0 Å². The van der Waals surface area contributed by atoms with E-state index in [4.69, 9.17) is 0 Å². The highest BCUT2D eigenvalue weighted by molar-refractivity contribution is 5.97. The predicted molar refractivity (Wildman–Crippen MR) is 78.4 cm³/mol. The zero-order chi connectivity index (χ0) is 14.8. The third kappa shape index (κ3) is 2.91. The zero-order valence-electron chi connectivity index (χ0n) is 12.3. The maximum Gasteiger partial charge on any atom is 0.246 e. The molecule has 2 heterocycles. The van der Waals surface area contributed by atoms with E-state index in [0.29, 0.717) is 18.9 Å². The summed E-state index contributed by atoms with van der Waals surface area (Å²) < 4.78 is 0. The van der Waals surface area contributed by atoms with Crippen molar-refractivity contribution in [3.05, 3.63) is 30.1 Å². The van der Waals surface area contributed by atoms with Crippen LogP contribution in [0.15, 0.2) is 24.5 Å². The number of carbonyl (C=O) groups is 2. The number of carbonyl (C=O) groups excluding carboxylic acids is 2. The molecule has 2 fully saturated rings. The first-order chi connectivity index (χ1) is 10.2. The van der Waals surface area contributed by atoms with Crippen molar-refractivity contribution in [3.63, 3.8) is 0 Å². The molecule has 1 aromatic heterocycles. The average Bonchev–Trinajstić information content (AvgIpc) is 3.33. The van der Waals surface area contributed by atoms with Gasteiger partial charge in [-0.1, -0.05) is 13.0 Å². The smallest absolute Gasteiger partial charge is 0.246 e. The second-order valence-corrected chi connectivity index (χ2v) is 5.89. The number of amides is 2. The second kappa shape index (κ2) is 5.84. The monoisotopic (exact) mass is 287 g/mol. The van der Waals surface area contributed by atoms with Crippen LogP contribution in [-0.2, 0) is 16.0 Å². The van der Waals surface area contributed by atoms with Crippen LogP contribution in [0.1, 0.15) is 31.7 Å². The summed E-state index contributed by atoms with van der Waals surface area (Å²) in [6.45, 7) is 2.53. The summed E-state index contributed by atoms with van der Waals surface area (Å²) in [5.74, 6) is 0.438. The minimum atomic E-state index is -0.329. The number of nitrogens with one attached hydrogen (secondary N) is 1. The molecule has 2 amide bonds. The van der Waals surface area contributed by atoms with Gasteiger partial charge in [-0.3, -0.25) is 14.6 Å². The lowest BCUT2D eigenvalue weighted by Gasteiger charge is -2.39. The van der Waals surface area contributed by atoms with E-state index >= 15 is 0 Å². The Bertz CT molecular complexity index is 528. The minimum absolute atomic E-state index is 0.000173. The molecule has 3 rings (SSSR count). The Kier molecular flexibility index (Phi) is 3.90. The summed E-state index contributed by atoms with van der Waals surface area (Å²) in [5, 5.41) is 2.91. The van der Waals surface area contributed by atoms with E-state index in [9.17, 15) is 9.59 Å². The average molecular weight is 287 g/mol. The second-order valence-electron chi connectivity index (χ2n) is 5.89. The molecule has 1 aromatic rings. The lowest BCUT2D eigenvalue weighted by Crippen LogP contribution is -2.64. The number of piperazine rings is 1. The summed E-state index contributed by atoms with van der Waals surface area (Å²) in [6.07, 6.45) is 7.03. The summed E-state index contributed by atoms with van der Waals surface area (Å²) in [6, 6.07) is 3.27. The molecule has 1 N–H and O–H groups in total. The molecule has 2 unspecified atom stereocenters. The lowest BCUT2D eigenvalue weighted by molar-refractivity contribution is -0.150. The SMILES string of the molecule is CCC1C(=O)NC(C2CC2)C(=O)N1CCc1cccnc1. The molecule has 1 aliphatic carbocycles. The molecule has 0 radical (unpaired) electrons. The third-order valence-electron chi connectivity index (χ3n) is 4.37. The molecule has 0 aromatic carbocycles. The van der Waals surface area contributed by atoms with E-state index in [0.717, 1.165) is 24.8 Å². The van der Waals surface area contributed by atoms with Crippen LogP contribution in [0, 0.1) is 5.92 Å². The van der Waals surface area contributed by atoms with E-state index in [2.05, 4.69) is 10.3 Å². The van der Waals surface area contributed by atoms with Crippen molar-refractivity contribution in [1.82, 2.24) is 15.2 Å². The van der Waals surface area contributed by atoms with E-state index in [1.54, 1.807) is 11.1 Å². The molecule has 1 aliphatic heterocycles. The first-order valence-electron chi connectivity index (χ1n) is 7.70. The van der Waals surface area contributed by atoms with Crippen LogP contribution in [-0.4, -0.2) is 40.3 Å². The first-order valence-corrected chi connectivity index (χ1v) is 7.70. The van der Waals surface area contributed by atoms with Gasteiger partial charge >= 0.3 is 0 Å². The van der Waals surface area contributed by atoms with Crippen LogP contribution in [0.3, 0.4) is 0 Å². The highest BCUT2D eigenvalue weighted by Gasteiger charge is 2.45. The van der Waals surface area contributed by atoms with E-state index in [-0.39, 0.29) is 23.9 Å². The number of rotatable bonds is 5. The maximum absolute atomic E-state index is 12.6. The molecule has 0 bridgehead atoms. The number of hydrogen-bond donors (Lipinski definition) is 1. The Labute approximate surface area is 124 Å². The van der Waals surface area contributed by atoms with Crippen molar-refractivity contribution in [3.8, 4) is 0 Å². The minimum Gasteiger partial charge on any atom is -0.342 e. The fourth-order valence-electron chi connectivity index (χ4n) is 3.00. The highest BCUT2D eigenvalue weighted by atomic mass is 16.2. The van der Waals surface area contributed by atoms with Crippen LogP contribution in [0.5, 0.6) is 0 Å². The molecule has 5 heteroatoms. The number of hydrogen-bond acceptors (Lipinski definition) is 3. The molecule has 5 nitrogen and oxygen atoms in total. The topological polar surface area (TPSA) is 62.3 Å². The Balaban J connectivity index is 1.72. The van der Waals surface area contributed by atoms with Crippen LogP contribution in [0.4, 0.5) is 0 Å². The van der Waals surface area contributed by atoms with E-state index in [1.165, 1.54) is 0 Å². The van der Waals surface area contributed by atoms with Gasteiger partial charge in [0.15, 0.2) is 0 Å². The van der Waals surface area contributed by atoms with E-state index in [1.807, 2.05) is 25.3 Å². The van der Waals surface area contributed by atoms with Gasteiger partial charge in [-0.25, -0.2) is 0 Å². The molecule has 21 heavy (non-hydrogen) atoms. The van der Waals surface area contributed by atoms with Crippen molar-refractivity contribution in [2.75, 3.05) is 6.54 Å².